The summed E-state index contributed by atoms with van der Waals surface area (Å²) in [6, 6.07) is 2.11. The molecule has 2 N–H and O–H groups in total. The van der Waals surface area contributed by atoms with E-state index in [0.717, 1.165) is 18.5 Å². The van der Waals surface area contributed by atoms with Gasteiger partial charge in [-0.3, -0.25) is 4.79 Å². The molecule has 0 aromatic carbocycles. The van der Waals surface area contributed by atoms with Gasteiger partial charge in [0, 0.05) is 18.8 Å². The maximum atomic E-state index is 11.6. The molecule has 0 radical (unpaired) electrons. The second-order valence-electron chi connectivity index (χ2n) is 3.89. The van der Waals surface area contributed by atoms with Crippen LogP contribution in [-0.2, 0) is 11.3 Å². The van der Waals surface area contributed by atoms with Crippen molar-refractivity contribution >= 4 is 5.91 Å². The Labute approximate surface area is 102 Å². The molecule has 1 heterocycles. The largest absolute Gasteiger partial charge is 0.352 e. The van der Waals surface area contributed by atoms with Gasteiger partial charge in [0.2, 0.25) is 5.91 Å². The normalized spacial score (nSPS) is 10.5. The number of hydrogen-bond donors (Lipinski definition) is 2. The van der Waals surface area contributed by atoms with Crippen molar-refractivity contribution in [3.63, 3.8) is 0 Å². The molecule has 1 aromatic rings. The van der Waals surface area contributed by atoms with Gasteiger partial charge in [-0.1, -0.05) is 13.8 Å². The van der Waals surface area contributed by atoms with E-state index in [1.54, 1.807) is 6.20 Å². The Bertz CT molecular complexity index is 325. The topological polar surface area (TPSA) is 66.9 Å². The van der Waals surface area contributed by atoms with E-state index in [-0.39, 0.29) is 11.9 Å². The SMILES string of the molecule is CCC(CC)NC(=O)CNCc1ccncn1. The minimum absolute atomic E-state index is 0.0350. The van der Waals surface area contributed by atoms with Crippen LogP contribution >= 0.6 is 0 Å². The summed E-state index contributed by atoms with van der Waals surface area (Å²) in [6.45, 7) is 5.05. The second-order valence-corrected chi connectivity index (χ2v) is 3.89. The van der Waals surface area contributed by atoms with Gasteiger partial charge in [0.05, 0.1) is 12.2 Å². The zero-order valence-corrected chi connectivity index (χ0v) is 10.4. The van der Waals surface area contributed by atoms with Gasteiger partial charge in [0.15, 0.2) is 0 Å². The van der Waals surface area contributed by atoms with Gasteiger partial charge in [0.25, 0.3) is 0 Å². The molecule has 0 unspecified atom stereocenters. The van der Waals surface area contributed by atoms with Crippen molar-refractivity contribution in [2.24, 2.45) is 0 Å². The number of aromatic nitrogens is 2. The van der Waals surface area contributed by atoms with Crippen LogP contribution in [0.2, 0.25) is 0 Å². The first-order valence-corrected chi connectivity index (χ1v) is 6.01. The predicted molar refractivity (Wildman–Crippen MR) is 66.3 cm³/mol. The third kappa shape index (κ3) is 5.40. The van der Waals surface area contributed by atoms with Crippen molar-refractivity contribution in [2.75, 3.05) is 6.54 Å². The molecule has 0 atom stereocenters. The second kappa shape index (κ2) is 7.73. The lowest BCUT2D eigenvalue weighted by Crippen LogP contribution is -2.39. The van der Waals surface area contributed by atoms with Crippen LogP contribution in [0.25, 0.3) is 0 Å². The number of amides is 1. The van der Waals surface area contributed by atoms with Crippen molar-refractivity contribution in [1.82, 2.24) is 20.6 Å². The van der Waals surface area contributed by atoms with Crippen molar-refractivity contribution in [2.45, 2.75) is 39.3 Å². The van der Waals surface area contributed by atoms with E-state index in [1.165, 1.54) is 6.33 Å². The number of rotatable bonds is 7. The quantitative estimate of drug-likeness (QED) is 0.737. The third-order valence-electron chi connectivity index (χ3n) is 2.59. The Morgan fingerprint density at radius 3 is 2.76 bits per heavy atom. The standard InChI is InChI=1S/C12H20N4O/c1-3-10(4-2)16-12(17)8-14-7-11-5-6-13-9-15-11/h5-6,9-10,14H,3-4,7-8H2,1-2H3,(H,16,17). The molecule has 0 bridgehead atoms. The molecule has 0 saturated heterocycles. The predicted octanol–water partition coefficient (Wildman–Crippen LogP) is 0.871. The fourth-order valence-electron chi connectivity index (χ4n) is 1.50. The highest BCUT2D eigenvalue weighted by molar-refractivity contribution is 5.78. The molecule has 5 nitrogen and oxygen atoms in total. The van der Waals surface area contributed by atoms with E-state index in [1.807, 2.05) is 6.07 Å². The first kappa shape index (κ1) is 13.6. The lowest BCUT2D eigenvalue weighted by atomic mass is 10.2. The summed E-state index contributed by atoms with van der Waals surface area (Å²) in [7, 11) is 0. The summed E-state index contributed by atoms with van der Waals surface area (Å²) in [5.74, 6) is 0.0350. The van der Waals surface area contributed by atoms with E-state index in [2.05, 4.69) is 34.4 Å². The number of carbonyl (C=O) groups is 1. The summed E-state index contributed by atoms with van der Waals surface area (Å²) in [4.78, 5) is 19.5. The van der Waals surface area contributed by atoms with Gasteiger partial charge in [-0.25, -0.2) is 9.97 Å². The van der Waals surface area contributed by atoms with Crippen LogP contribution in [0.1, 0.15) is 32.4 Å². The fraction of sp³-hybridized carbons (Fsp3) is 0.583. The number of hydrogen-bond acceptors (Lipinski definition) is 4. The van der Waals surface area contributed by atoms with Gasteiger partial charge in [-0.15, -0.1) is 0 Å². The molecule has 1 amide bonds. The van der Waals surface area contributed by atoms with Crippen molar-refractivity contribution in [3.8, 4) is 0 Å². The summed E-state index contributed by atoms with van der Waals surface area (Å²) >= 11 is 0. The number of carbonyl (C=O) groups excluding carboxylic acids is 1. The van der Waals surface area contributed by atoms with E-state index < -0.39 is 0 Å². The zero-order valence-electron chi connectivity index (χ0n) is 10.4. The van der Waals surface area contributed by atoms with Crippen LogP contribution in [-0.4, -0.2) is 28.5 Å². The average molecular weight is 236 g/mol. The minimum atomic E-state index is 0.0350. The zero-order chi connectivity index (χ0) is 12.5. The smallest absolute Gasteiger partial charge is 0.234 e. The highest BCUT2D eigenvalue weighted by Crippen LogP contribution is 1.95. The summed E-state index contributed by atoms with van der Waals surface area (Å²) in [5, 5.41) is 6.02. The van der Waals surface area contributed by atoms with Crippen LogP contribution in [0.15, 0.2) is 18.6 Å². The molecule has 1 aromatic heterocycles. The Morgan fingerprint density at radius 2 is 2.18 bits per heavy atom. The maximum Gasteiger partial charge on any atom is 0.234 e. The molecule has 0 aliphatic heterocycles. The van der Waals surface area contributed by atoms with Gasteiger partial charge in [0.1, 0.15) is 6.33 Å². The van der Waals surface area contributed by atoms with Crippen LogP contribution < -0.4 is 10.6 Å². The van der Waals surface area contributed by atoms with Gasteiger partial charge >= 0.3 is 0 Å². The number of nitrogens with one attached hydrogen (secondary N) is 2. The van der Waals surface area contributed by atoms with E-state index in [9.17, 15) is 4.79 Å². The van der Waals surface area contributed by atoms with Gasteiger partial charge < -0.3 is 10.6 Å². The number of nitrogens with zero attached hydrogens (tertiary/aromatic N) is 2. The average Bonchev–Trinajstić information content (AvgIpc) is 2.37. The van der Waals surface area contributed by atoms with Crippen molar-refractivity contribution < 1.29 is 4.79 Å². The molecule has 0 aliphatic carbocycles. The summed E-state index contributed by atoms with van der Waals surface area (Å²) in [5.41, 5.74) is 0.885. The molecular formula is C12H20N4O. The fourth-order valence-corrected chi connectivity index (χ4v) is 1.50. The van der Waals surface area contributed by atoms with Crippen LogP contribution in [0.4, 0.5) is 0 Å². The Kier molecular flexibility index (Phi) is 6.17. The van der Waals surface area contributed by atoms with Crippen LogP contribution in [0.3, 0.4) is 0 Å². The molecule has 0 spiro atoms. The first-order valence-electron chi connectivity index (χ1n) is 6.01. The molecule has 5 heteroatoms. The monoisotopic (exact) mass is 236 g/mol. The lowest BCUT2D eigenvalue weighted by Gasteiger charge is -2.14. The highest BCUT2D eigenvalue weighted by atomic mass is 16.1. The van der Waals surface area contributed by atoms with Crippen LogP contribution in [0.5, 0.6) is 0 Å². The van der Waals surface area contributed by atoms with Gasteiger partial charge in [-0.05, 0) is 18.9 Å². The highest BCUT2D eigenvalue weighted by Gasteiger charge is 2.07. The Balaban J connectivity index is 2.20. The molecule has 94 valence electrons. The first-order chi connectivity index (χ1) is 8.26. The van der Waals surface area contributed by atoms with Crippen molar-refractivity contribution in [3.05, 3.63) is 24.3 Å². The van der Waals surface area contributed by atoms with Crippen LogP contribution in [0, 0.1) is 0 Å². The third-order valence-corrected chi connectivity index (χ3v) is 2.59. The molecule has 0 saturated carbocycles. The summed E-state index contributed by atoms with van der Waals surface area (Å²) in [6.07, 6.45) is 5.12. The van der Waals surface area contributed by atoms with Crippen molar-refractivity contribution in [1.29, 1.82) is 0 Å². The maximum absolute atomic E-state index is 11.6. The molecule has 0 fully saturated rings. The Morgan fingerprint density at radius 1 is 1.41 bits per heavy atom. The molecule has 1 rings (SSSR count). The molecule has 17 heavy (non-hydrogen) atoms. The molecule has 0 aliphatic rings. The van der Waals surface area contributed by atoms with E-state index in [0.29, 0.717) is 13.1 Å². The Hall–Kier alpha value is -1.49. The van der Waals surface area contributed by atoms with E-state index in [4.69, 9.17) is 0 Å². The van der Waals surface area contributed by atoms with E-state index >= 15 is 0 Å². The minimum Gasteiger partial charge on any atom is -0.352 e. The van der Waals surface area contributed by atoms with Gasteiger partial charge in [-0.2, -0.15) is 0 Å². The summed E-state index contributed by atoms with van der Waals surface area (Å²) < 4.78 is 0. The molecular weight excluding hydrogens is 216 g/mol. The lowest BCUT2D eigenvalue weighted by molar-refractivity contribution is -0.121.